The van der Waals surface area contributed by atoms with Crippen LogP contribution in [-0.4, -0.2) is 10.8 Å². The Hall–Kier alpha value is -2.42. The number of aromatic nitrogens is 1. The smallest absolute Gasteiger partial charge is 0.137 e. The van der Waals surface area contributed by atoms with Crippen molar-refractivity contribution in [1.82, 2.24) is 4.98 Å². The van der Waals surface area contributed by atoms with E-state index in [0.717, 1.165) is 22.2 Å². The molecule has 0 saturated heterocycles. The van der Waals surface area contributed by atoms with Crippen molar-refractivity contribution in [2.45, 2.75) is 13.3 Å². The van der Waals surface area contributed by atoms with Crippen LogP contribution in [0.4, 0.5) is 0 Å². The summed E-state index contributed by atoms with van der Waals surface area (Å²) in [7, 11) is 0. The molecule has 3 heteroatoms. The lowest BCUT2D eigenvalue weighted by molar-refractivity contribution is -0.116. The molecular formula is C16H13NO2. The first-order chi connectivity index (χ1) is 9.24. The maximum Gasteiger partial charge on any atom is 0.137 e. The predicted molar refractivity (Wildman–Crippen MR) is 73.8 cm³/mol. The number of Topliss-reactive ketones (excluding diaryl/α,β-unsaturated/α-hetero) is 1. The molecule has 0 saturated carbocycles. The zero-order valence-corrected chi connectivity index (χ0v) is 10.6. The van der Waals surface area contributed by atoms with Gasteiger partial charge in [-0.15, -0.1) is 0 Å². The maximum atomic E-state index is 11.1. The first-order valence-corrected chi connectivity index (χ1v) is 6.16. The van der Waals surface area contributed by atoms with Crippen LogP contribution in [-0.2, 0) is 11.2 Å². The second-order valence-electron chi connectivity index (χ2n) is 4.52. The van der Waals surface area contributed by atoms with E-state index in [1.807, 2.05) is 42.5 Å². The molecule has 0 aliphatic heterocycles. The Labute approximate surface area is 110 Å². The van der Waals surface area contributed by atoms with Crippen molar-refractivity contribution >= 4 is 16.7 Å². The number of carbonyl (C=O) groups excluding carboxylic acids is 1. The molecule has 0 amide bonds. The van der Waals surface area contributed by atoms with Crippen molar-refractivity contribution in [3.8, 4) is 11.3 Å². The van der Waals surface area contributed by atoms with Gasteiger partial charge in [-0.2, -0.15) is 0 Å². The minimum absolute atomic E-state index is 0.0977. The van der Waals surface area contributed by atoms with Crippen LogP contribution in [0.3, 0.4) is 0 Å². The molecular weight excluding hydrogens is 238 g/mol. The van der Waals surface area contributed by atoms with Crippen LogP contribution in [0.1, 0.15) is 12.7 Å². The van der Waals surface area contributed by atoms with Crippen LogP contribution in [0.5, 0.6) is 0 Å². The van der Waals surface area contributed by atoms with Crippen molar-refractivity contribution < 1.29 is 9.21 Å². The third-order valence-electron chi connectivity index (χ3n) is 3.00. The standard InChI is InChI=1S/C16H13NO2/c1-11(18)10-12-7-8-16(19-12)14-4-2-6-15-13(14)5-3-9-17-15/h2-9H,10H2,1H3. The number of furan rings is 1. The van der Waals surface area contributed by atoms with Crippen molar-refractivity contribution in [3.63, 3.8) is 0 Å². The molecule has 0 atom stereocenters. The molecule has 2 aromatic heterocycles. The summed E-state index contributed by atoms with van der Waals surface area (Å²) in [6.07, 6.45) is 2.11. The van der Waals surface area contributed by atoms with Gasteiger partial charge in [0.15, 0.2) is 0 Å². The Balaban J connectivity index is 2.09. The average Bonchev–Trinajstić information content (AvgIpc) is 2.85. The first kappa shape index (κ1) is 11.7. The highest BCUT2D eigenvalue weighted by Crippen LogP contribution is 2.29. The molecule has 0 radical (unpaired) electrons. The molecule has 0 bridgehead atoms. The molecule has 0 unspecified atom stereocenters. The minimum atomic E-state index is 0.0977. The van der Waals surface area contributed by atoms with Gasteiger partial charge in [-0.25, -0.2) is 0 Å². The van der Waals surface area contributed by atoms with Crippen LogP contribution in [0.15, 0.2) is 53.1 Å². The predicted octanol–water partition coefficient (Wildman–Crippen LogP) is 3.63. The van der Waals surface area contributed by atoms with Crippen molar-refractivity contribution in [3.05, 3.63) is 54.4 Å². The molecule has 3 rings (SSSR count). The highest BCUT2D eigenvalue weighted by Gasteiger charge is 2.09. The quantitative estimate of drug-likeness (QED) is 0.714. The van der Waals surface area contributed by atoms with Crippen molar-refractivity contribution in [2.24, 2.45) is 0 Å². The number of nitrogens with zero attached hydrogens (tertiary/aromatic N) is 1. The molecule has 1 aromatic carbocycles. The molecule has 3 nitrogen and oxygen atoms in total. The number of benzene rings is 1. The molecule has 0 spiro atoms. The van der Waals surface area contributed by atoms with Crippen molar-refractivity contribution in [1.29, 1.82) is 0 Å². The van der Waals surface area contributed by atoms with E-state index in [2.05, 4.69) is 4.98 Å². The molecule has 0 aliphatic rings. The summed E-state index contributed by atoms with van der Waals surface area (Å²) in [6.45, 7) is 1.56. The van der Waals surface area contributed by atoms with Crippen LogP contribution in [0.25, 0.3) is 22.2 Å². The fraction of sp³-hybridized carbons (Fsp3) is 0.125. The molecule has 0 N–H and O–H groups in total. The Morgan fingerprint density at radius 3 is 2.89 bits per heavy atom. The monoisotopic (exact) mass is 251 g/mol. The molecule has 0 aliphatic carbocycles. The lowest BCUT2D eigenvalue weighted by Crippen LogP contribution is -1.93. The van der Waals surface area contributed by atoms with Crippen LogP contribution in [0, 0.1) is 0 Å². The first-order valence-electron chi connectivity index (χ1n) is 6.16. The number of carbonyl (C=O) groups is 1. The SMILES string of the molecule is CC(=O)Cc1ccc(-c2cccc3ncccc23)o1. The highest BCUT2D eigenvalue weighted by atomic mass is 16.3. The van der Waals surface area contributed by atoms with Crippen LogP contribution in [0.2, 0.25) is 0 Å². The molecule has 0 fully saturated rings. The number of rotatable bonds is 3. The molecule has 2 heterocycles. The van der Waals surface area contributed by atoms with Gasteiger partial charge in [0.2, 0.25) is 0 Å². The average molecular weight is 251 g/mol. The van der Waals surface area contributed by atoms with E-state index < -0.39 is 0 Å². The van der Waals surface area contributed by atoms with Gasteiger partial charge in [0.1, 0.15) is 17.3 Å². The van der Waals surface area contributed by atoms with E-state index in [4.69, 9.17) is 4.42 Å². The second-order valence-corrected chi connectivity index (χ2v) is 4.52. The van der Waals surface area contributed by atoms with Gasteiger partial charge in [-0.3, -0.25) is 9.78 Å². The fourth-order valence-electron chi connectivity index (χ4n) is 2.18. The number of hydrogen-bond donors (Lipinski definition) is 0. The minimum Gasteiger partial charge on any atom is -0.461 e. The number of pyridine rings is 1. The summed E-state index contributed by atoms with van der Waals surface area (Å²) in [4.78, 5) is 15.4. The van der Waals surface area contributed by atoms with Crippen LogP contribution < -0.4 is 0 Å². The lowest BCUT2D eigenvalue weighted by Gasteiger charge is -2.02. The summed E-state index contributed by atoms with van der Waals surface area (Å²) in [5.74, 6) is 1.57. The molecule has 3 aromatic rings. The van der Waals surface area contributed by atoms with Crippen molar-refractivity contribution in [2.75, 3.05) is 0 Å². The summed E-state index contributed by atoms with van der Waals surface area (Å²) < 4.78 is 5.74. The van der Waals surface area contributed by atoms with E-state index in [-0.39, 0.29) is 5.78 Å². The van der Waals surface area contributed by atoms with Gasteiger partial charge >= 0.3 is 0 Å². The topological polar surface area (TPSA) is 43.1 Å². The molecule has 94 valence electrons. The third-order valence-corrected chi connectivity index (χ3v) is 3.00. The number of hydrogen-bond acceptors (Lipinski definition) is 3. The maximum absolute atomic E-state index is 11.1. The molecule has 19 heavy (non-hydrogen) atoms. The lowest BCUT2D eigenvalue weighted by atomic mass is 10.1. The zero-order chi connectivity index (χ0) is 13.2. The van der Waals surface area contributed by atoms with E-state index in [1.165, 1.54) is 0 Å². The Kier molecular flexibility index (Phi) is 2.88. The summed E-state index contributed by atoms with van der Waals surface area (Å²) in [5.41, 5.74) is 1.94. The number of ketones is 1. The van der Waals surface area contributed by atoms with E-state index in [1.54, 1.807) is 13.1 Å². The fourth-order valence-corrected chi connectivity index (χ4v) is 2.18. The van der Waals surface area contributed by atoms with E-state index in [0.29, 0.717) is 12.2 Å². The highest BCUT2D eigenvalue weighted by molar-refractivity contribution is 5.93. The third kappa shape index (κ3) is 2.27. The van der Waals surface area contributed by atoms with Gasteiger partial charge in [0.05, 0.1) is 11.9 Å². The van der Waals surface area contributed by atoms with Gasteiger partial charge in [0, 0.05) is 17.1 Å². The van der Waals surface area contributed by atoms with E-state index in [9.17, 15) is 4.79 Å². The van der Waals surface area contributed by atoms with Gasteiger partial charge < -0.3 is 4.42 Å². The Morgan fingerprint density at radius 1 is 1.16 bits per heavy atom. The van der Waals surface area contributed by atoms with E-state index >= 15 is 0 Å². The van der Waals surface area contributed by atoms with Gasteiger partial charge in [-0.1, -0.05) is 18.2 Å². The Morgan fingerprint density at radius 2 is 2.05 bits per heavy atom. The van der Waals surface area contributed by atoms with Gasteiger partial charge in [0.25, 0.3) is 0 Å². The van der Waals surface area contributed by atoms with Crippen LogP contribution >= 0.6 is 0 Å². The number of fused-ring (bicyclic) bond motifs is 1. The summed E-state index contributed by atoms with van der Waals surface area (Å²) in [5, 5.41) is 1.05. The summed E-state index contributed by atoms with van der Waals surface area (Å²) >= 11 is 0. The zero-order valence-electron chi connectivity index (χ0n) is 10.6. The van der Waals surface area contributed by atoms with Gasteiger partial charge in [-0.05, 0) is 31.2 Å². The normalized spacial score (nSPS) is 10.8. The second kappa shape index (κ2) is 4.69. The summed E-state index contributed by atoms with van der Waals surface area (Å²) in [6, 6.07) is 13.6. The largest absolute Gasteiger partial charge is 0.461 e. The Bertz CT molecular complexity index is 738.